The second-order valence-electron chi connectivity index (χ2n) is 4.32. The van der Waals surface area contributed by atoms with Gasteiger partial charge in [-0.05, 0) is 31.5 Å². The number of hydrogen-bond donors (Lipinski definition) is 2. The summed E-state index contributed by atoms with van der Waals surface area (Å²) in [6.07, 6.45) is 1.54. The highest BCUT2D eigenvalue weighted by Crippen LogP contribution is 2.25. The van der Waals surface area contributed by atoms with E-state index in [1.165, 1.54) is 12.3 Å². The Bertz CT molecular complexity index is 641. The van der Waals surface area contributed by atoms with Gasteiger partial charge < -0.3 is 11.1 Å². The van der Waals surface area contributed by atoms with E-state index in [2.05, 4.69) is 10.3 Å². The van der Waals surface area contributed by atoms with Crippen LogP contribution < -0.4 is 11.1 Å². The largest absolute Gasteiger partial charge is 0.397 e. The van der Waals surface area contributed by atoms with Gasteiger partial charge in [-0.1, -0.05) is 6.07 Å². The summed E-state index contributed by atoms with van der Waals surface area (Å²) in [5, 5.41) is 13.9. The van der Waals surface area contributed by atoms with E-state index in [0.29, 0.717) is 22.8 Å². The second-order valence-corrected chi connectivity index (χ2v) is 4.32. The lowest BCUT2D eigenvalue weighted by Gasteiger charge is -2.09. The molecule has 2 rings (SSSR count). The summed E-state index contributed by atoms with van der Waals surface area (Å²) in [7, 11) is 0. The van der Waals surface area contributed by atoms with Crippen LogP contribution in [0.15, 0.2) is 30.5 Å². The molecule has 0 aliphatic carbocycles. The second kappa shape index (κ2) is 4.93. The molecule has 6 nitrogen and oxygen atoms in total. The van der Waals surface area contributed by atoms with Gasteiger partial charge in [0.25, 0.3) is 5.69 Å². The summed E-state index contributed by atoms with van der Waals surface area (Å²) in [6.45, 7) is 3.57. The first kappa shape index (κ1) is 12.8. The molecule has 0 saturated heterocycles. The Labute approximate surface area is 110 Å². The lowest BCUT2D eigenvalue weighted by atomic mass is 10.2. The van der Waals surface area contributed by atoms with Crippen LogP contribution in [0.5, 0.6) is 0 Å². The molecule has 1 aromatic heterocycles. The fourth-order valence-electron chi connectivity index (χ4n) is 1.75. The Morgan fingerprint density at radius 1 is 1.26 bits per heavy atom. The van der Waals surface area contributed by atoms with Crippen molar-refractivity contribution in [1.82, 2.24) is 4.98 Å². The van der Waals surface area contributed by atoms with Crippen LogP contribution in [0, 0.1) is 24.0 Å². The van der Waals surface area contributed by atoms with Gasteiger partial charge in [0.1, 0.15) is 5.82 Å². The number of pyridine rings is 1. The summed E-state index contributed by atoms with van der Waals surface area (Å²) >= 11 is 0. The van der Waals surface area contributed by atoms with Gasteiger partial charge in [-0.15, -0.1) is 0 Å². The van der Waals surface area contributed by atoms with E-state index in [4.69, 9.17) is 5.73 Å². The molecule has 2 aromatic rings. The fraction of sp³-hybridized carbons (Fsp3) is 0.154. The number of nitrogen functional groups attached to an aromatic ring is 1. The molecule has 0 aliphatic rings. The van der Waals surface area contributed by atoms with E-state index in [9.17, 15) is 10.1 Å². The highest BCUT2D eigenvalue weighted by Gasteiger charge is 2.11. The van der Waals surface area contributed by atoms with Crippen molar-refractivity contribution in [3.8, 4) is 0 Å². The fourth-order valence-corrected chi connectivity index (χ4v) is 1.75. The van der Waals surface area contributed by atoms with Crippen LogP contribution in [-0.4, -0.2) is 9.91 Å². The van der Waals surface area contributed by atoms with Crippen LogP contribution in [0.1, 0.15) is 11.1 Å². The van der Waals surface area contributed by atoms with Gasteiger partial charge in [-0.3, -0.25) is 10.1 Å². The number of nitrogens with zero attached hydrogens (tertiary/aromatic N) is 2. The van der Waals surface area contributed by atoms with Crippen LogP contribution in [0.3, 0.4) is 0 Å². The number of hydrogen-bond acceptors (Lipinski definition) is 5. The number of nitro groups is 1. The normalized spacial score (nSPS) is 10.2. The van der Waals surface area contributed by atoms with Crippen LogP contribution in [0.2, 0.25) is 0 Å². The maximum Gasteiger partial charge on any atom is 0.274 e. The topological polar surface area (TPSA) is 94.1 Å². The van der Waals surface area contributed by atoms with E-state index < -0.39 is 4.92 Å². The van der Waals surface area contributed by atoms with Gasteiger partial charge in [-0.2, -0.15) is 0 Å². The van der Waals surface area contributed by atoms with Gasteiger partial charge >= 0.3 is 0 Å². The molecular formula is C13H14N4O2. The number of anilines is 3. The summed E-state index contributed by atoms with van der Waals surface area (Å²) < 4.78 is 0. The highest BCUT2D eigenvalue weighted by atomic mass is 16.6. The molecule has 0 unspecified atom stereocenters. The molecule has 0 radical (unpaired) electrons. The number of nitrogens with two attached hydrogens (primary N) is 1. The zero-order valence-electron chi connectivity index (χ0n) is 10.7. The molecule has 98 valence electrons. The lowest BCUT2D eigenvalue weighted by Crippen LogP contribution is -1.99. The summed E-state index contributed by atoms with van der Waals surface area (Å²) in [4.78, 5) is 14.6. The van der Waals surface area contributed by atoms with Gasteiger partial charge in [-0.25, -0.2) is 4.98 Å². The predicted octanol–water partition coefficient (Wildman–Crippen LogP) is 2.93. The third kappa shape index (κ3) is 2.79. The summed E-state index contributed by atoms with van der Waals surface area (Å²) in [5.74, 6) is 0.632. The minimum absolute atomic E-state index is 0.0816. The minimum Gasteiger partial charge on any atom is -0.397 e. The Morgan fingerprint density at radius 3 is 2.63 bits per heavy atom. The van der Waals surface area contributed by atoms with Gasteiger partial charge in [0.15, 0.2) is 0 Å². The van der Waals surface area contributed by atoms with E-state index in [1.54, 1.807) is 25.1 Å². The van der Waals surface area contributed by atoms with E-state index in [1.807, 2.05) is 6.92 Å². The quantitative estimate of drug-likeness (QED) is 0.652. The average molecular weight is 258 g/mol. The monoisotopic (exact) mass is 258 g/mol. The Balaban J connectivity index is 2.33. The van der Waals surface area contributed by atoms with E-state index >= 15 is 0 Å². The molecule has 1 aromatic carbocycles. The molecule has 6 heteroatoms. The van der Waals surface area contributed by atoms with Crippen molar-refractivity contribution in [2.45, 2.75) is 13.8 Å². The molecule has 1 heterocycles. The lowest BCUT2D eigenvalue weighted by molar-refractivity contribution is -0.385. The predicted molar refractivity (Wildman–Crippen MR) is 74.5 cm³/mol. The number of rotatable bonds is 3. The molecule has 0 bridgehead atoms. The molecule has 0 saturated carbocycles. The van der Waals surface area contributed by atoms with Crippen LogP contribution in [0.25, 0.3) is 0 Å². The first-order valence-corrected chi connectivity index (χ1v) is 5.71. The van der Waals surface area contributed by atoms with Crippen molar-refractivity contribution in [3.63, 3.8) is 0 Å². The maximum atomic E-state index is 10.9. The SMILES string of the molecule is Cc1ccc(Nc2ncc(N)cc2C)cc1[N+](=O)[O-]. The molecule has 0 amide bonds. The van der Waals surface area contributed by atoms with Crippen LogP contribution in [0.4, 0.5) is 22.9 Å². The molecular weight excluding hydrogens is 244 g/mol. The maximum absolute atomic E-state index is 10.9. The Morgan fingerprint density at radius 2 is 2.00 bits per heavy atom. The van der Waals surface area contributed by atoms with Crippen molar-refractivity contribution < 1.29 is 4.92 Å². The zero-order chi connectivity index (χ0) is 14.0. The number of benzene rings is 1. The number of nitro benzene ring substituents is 1. The van der Waals surface area contributed by atoms with Gasteiger partial charge in [0.2, 0.25) is 0 Å². The van der Waals surface area contributed by atoms with Gasteiger partial charge in [0.05, 0.1) is 16.8 Å². The smallest absolute Gasteiger partial charge is 0.274 e. The molecule has 0 atom stereocenters. The molecule has 0 aliphatic heterocycles. The standard InChI is InChI=1S/C13H14N4O2/c1-8-3-4-11(6-12(8)17(18)19)16-13-9(2)5-10(14)7-15-13/h3-7H,14H2,1-2H3,(H,15,16). The third-order valence-electron chi connectivity index (χ3n) is 2.77. The summed E-state index contributed by atoms with van der Waals surface area (Å²) in [6, 6.07) is 6.76. The first-order valence-electron chi connectivity index (χ1n) is 5.71. The number of aryl methyl sites for hydroxylation is 2. The molecule has 0 fully saturated rings. The molecule has 0 spiro atoms. The van der Waals surface area contributed by atoms with Crippen LogP contribution in [-0.2, 0) is 0 Å². The third-order valence-corrected chi connectivity index (χ3v) is 2.77. The number of aromatic nitrogens is 1. The first-order chi connectivity index (χ1) is 8.97. The van der Waals surface area contributed by atoms with Crippen molar-refractivity contribution in [3.05, 3.63) is 51.7 Å². The van der Waals surface area contributed by atoms with Crippen molar-refractivity contribution >= 4 is 22.9 Å². The highest BCUT2D eigenvalue weighted by molar-refractivity contribution is 5.64. The minimum atomic E-state index is -0.399. The summed E-state index contributed by atoms with van der Waals surface area (Å²) in [5.41, 5.74) is 8.41. The van der Waals surface area contributed by atoms with Crippen LogP contribution >= 0.6 is 0 Å². The Kier molecular flexibility index (Phi) is 3.33. The van der Waals surface area contributed by atoms with E-state index in [-0.39, 0.29) is 5.69 Å². The van der Waals surface area contributed by atoms with Crippen molar-refractivity contribution in [1.29, 1.82) is 0 Å². The Hall–Kier alpha value is -2.63. The van der Waals surface area contributed by atoms with Crippen molar-refractivity contribution in [2.24, 2.45) is 0 Å². The molecule has 19 heavy (non-hydrogen) atoms. The van der Waals surface area contributed by atoms with E-state index in [0.717, 1.165) is 5.56 Å². The van der Waals surface area contributed by atoms with Gasteiger partial charge in [0, 0.05) is 17.3 Å². The molecule has 3 N–H and O–H groups in total. The zero-order valence-corrected chi connectivity index (χ0v) is 10.7. The average Bonchev–Trinajstić information content (AvgIpc) is 2.34. The number of nitrogens with one attached hydrogen (secondary N) is 1. The van der Waals surface area contributed by atoms with Crippen molar-refractivity contribution in [2.75, 3.05) is 11.1 Å².